The van der Waals surface area contributed by atoms with Gasteiger partial charge in [0.2, 0.25) is 0 Å². The number of hydrogen-bond donors (Lipinski definition) is 2. The second-order valence-electron chi connectivity index (χ2n) is 9.20. The molecular formula is C26H32N6O4. The van der Waals surface area contributed by atoms with E-state index in [9.17, 15) is 9.59 Å². The Kier molecular flexibility index (Phi) is 7.49. The van der Waals surface area contributed by atoms with Crippen LogP contribution < -0.4 is 10.6 Å². The van der Waals surface area contributed by atoms with E-state index in [-0.39, 0.29) is 12.2 Å². The highest BCUT2D eigenvalue weighted by Crippen LogP contribution is 2.28. The van der Waals surface area contributed by atoms with Crippen LogP contribution in [0.25, 0.3) is 0 Å². The van der Waals surface area contributed by atoms with E-state index in [0.29, 0.717) is 13.1 Å². The van der Waals surface area contributed by atoms with Crippen molar-refractivity contribution >= 4 is 12.2 Å². The number of amides is 2. The number of alkyl carbamates (subject to hydrolysis) is 2. The Bertz CT molecular complexity index is 1100. The predicted molar refractivity (Wildman–Crippen MR) is 131 cm³/mol. The maximum Gasteiger partial charge on any atom is 0.407 e. The summed E-state index contributed by atoms with van der Waals surface area (Å²) in [5.74, 6) is 1.63. The van der Waals surface area contributed by atoms with Crippen molar-refractivity contribution in [2.75, 3.05) is 13.1 Å². The number of hydrogen-bond acceptors (Lipinski definition) is 6. The summed E-state index contributed by atoms with van der Waals surface area (Å²) in [6, 6.07) is 8.44. The van der Waals surface area contributed by atoms with Gasteiger partial charge >= 0.3 is 12.2 Å². The van der Waals surface area contributed by atoms with Crippen LogP contribution in [0.3, 0.4) is 0 Å². The Morgan fingerprint density at radius 2 is 1.33 bits per heavy atom. The fourth-order valence-corrected chi connectivity index (χ4v) is 4.84. The number of carbonyl (C=O) groups excluding carboxylic acids is 2. The van der Waals surface area contributed by atoms with Crippen LogP contribution in [-0.2, 0) is 35.4 Å². The zero-order valence-corrected chi connectivity index (χ0v) is 20.3. The highest BCUT2D eigenvalue weighted by Gasteiger charge is 2.27. The molecule has 4 heterocycles. The van der Waals surface area contributed by atoms with Crippen LogP contribution in [0.15, 0.2) is 49.1 Å². The molecule has 0 aliphatic carbocycles. The van der Waals surface area contributed by atoms with Crippen molar-refractivity contribution in [1.82, 2.24) is 29.7 Å². The molecule has 0 fully saturated rings. The van der Waals surface area contributed by atoms with E-state index in [0.717, 1.165) is 63.3 Å². The monoisotopic (exact) mass is 492 g/mol. The molecule has 0 spiro atoms. The summed E-state index contributed by atoms with van der Waals surface area (Å²) in [5.41, 5.74) is 2.45. The third-order valence-corrected chi connectivity index (χ3v) is 6.65. The minimum absolute atomic E-state index is 0.264. The molecule has 2 aliphatic heterocycles. The normalized spacial score (nSPS) is 17.9. The van der Waals surface area contributed by atoms with Gasteiger partial charge in [-0.15, -0.1) is 0 Å². The summed E-state index contributed by atoms with van der Waals surface area (Å²) in [6.07, 6.45) is 10.9. The van der Waals surface area contributed by atoms with Gasteiger partial charge in [0.1, 0.15) is 11.6 Å². The van der Waals surface area contributed by atoms with Gasteiger partial charge in [-0.2, -0.15) is 0 Å². The van der Waals surface area contributed by atoms with Gasteiger partial charge in [-0.3, -0.25) is 0 Å². The third-order valence-electron chi connectivity index (χ3n) is 6.65. The molecule has 1 aromatic carbocycles. The summed E-state index contributed by atoms with van der Waals surface area (Å²) in [6.45, 7) is 2.77. The van der Waals surface area contributed by atoms with Crippen molar-refractivity contribution in [1.29, 1.82) is 0 Å². The minimum Gasteiger partial charge on any atom is -0.438 e. The lowest BCUT2D eigenvalue weighted by Crippen LogP contribution is -2.27. The summed E-state index contributed by atoms with van der Waals surface area (Å²) in [7, 11) is 0. The first-order valence-corrected chi connectivity index (χ1v) is 12.6. The van der Waals surface area contributed by atoms with E-state index in [1.165, 1.54) is 11.1 Å². The molecule has 2 amide bonds. The Hall–Kier alpha value is -3.82. The number of imidazole rings is 2. The number of fused-ring (bicyclic) bond motifs is 2. The van der Waals surface area contributed by atoms with E-state index in [1.54, 1.807) is 12.4 Å². The van der Waals surface area contributed by atoms with E-state index >= 15 is 0 Å². The largest absolute Gasteiger partial charge is 0.438 e. The number of carbonyl (C=O) groups is 2. The molecule has 2 aliphatic rings. The lowest BCUT2D eigenvalue weighted by Gasteiger charge is -2.12. The smallest absolute Gasteiger partial charge is 0.407 e. The topological polar surface area (TPSA) is 112 Å². The molecule has 0 saturated heterocycles. The van der Waals surface area contributed by atoms with E-state index in [4.69, 9.17) is 9.47 Å². The minimum atomic E-state index is -0.394. The summed E-state index contributed by atoms with van der Waals surface area (Å²) in [4.78, 5) is 32.8. The maximum absolute atomic E-state index is 12.1. The first-order chi connectivity index (χ1) is 17.7. The van der Waals surface area contributed by atoms with Crippen molar-refractivity contribution in [3.63, 3.8) is 0 Å². The van der Waals surface area contributed by atoms with Crippen LogP contribution in [0, 0.1) is 0 Å². The van der Waals surface area contributed by atoms with Crippen LogP contribution in [0.1, 0.15) is 60.7 Å². The molecule has 2 N–H and O–H groups in total. The molecule has 5 rings (SSSR count). The van der Waals surface area contributed by atoms with Crippen LogP contribution >= 0.6 is 0 Å². The fourth-order valence-electron chi connectivity index (χ4n) is 4.84. The predicted octanol–water partition coefficient (Wildman–Crippen LogP) is 3.69. The Balaban J connectivity index is 0.955. The van der Waals surface area contributed by atoms with Crippen LogP contribution in [-0.4, -0.2) is 44.4 Å². The first-order valence-electron chi connectivity index (χ1n) is 12.6. The summed E-state index contributed by atoms with van der Waals surface area (Å²) >= 11 is 0. The molecule has 10 heteroatoms. The molecule has 190 valence electrons. The van der Waals surface area contributed by atoms with Crippen molar-refractivity contribution in [3.05, 3.63) is 71.8 Å². The van der Waals surface area contributed by atoms with Crippen molar-refractivity contribution in [2.24, 2.45) is 0 Å². The van der Waals surface area contributed by atoms with Gasteiger partial charge in [-0.1, -0.05) is 24.3 Å². The van der Waals surface area contributed by atoms with Gasteiger partial charge in [-0.25, -0.2) is 19.6 Å². The lowest BCUT2D eigenvalue weighted by molar-refractivity contribution is 0.0954. The third kappa shape index (κ3) is 5.87. The average Bonchev–Trinajstić information content (AvgIpc) is 3.65. The van der Waals surface area contributed by atoms with E-state index < -0.39 is 12.2 Å². The highest BCUT2D eigenvalue weighted by molar-refractivity contribution is 5.67. The van der Waals surface area contributed by atoms with Crippen LogP contribution in [0.4, 0.5) is 9.59 Å². The molecule has 2 atom stereocenters. The van der Waals surface area contributed by atoms with Crippen molar-refractivity contribution in [2.45, 2.75) is 63.8 Å². The molecule has 0 unspecified atom stereocenters. The van der Waals surface area contributed by atoms with Crippen molar-refractivity contribution in [3.8, 4) is 0 Å². The Morgan fingerprint density at radius 1 is 0.833 bits per heavy atom. The number of aryl methyl sites for hydroxylation is 4. The first kappa shape index (κ1) is 23.9. The lowest BCUT2D eigenvalue weighted by atomic mass is 10.0. The molecule has 0 bridgehead atoms. The molecule has 3 aromatic rings. The Labute approximate surface area is 210 Å². The zero-order valence-electron chi connectivity index (χ0n) is 20.3. The summed E-state index contributed by atoms with van der Waals surface area (Å²) in [5, 5.41) is 5.69. The number of rotatable bonds is 10. The molecule has 10 nitrogen and oxygen atoms in total. The fraction of sp³-hybridized carbons (Fsp3) is 0.462. The molecule has 0 radical (unpaired) electrons. The highest BCUT2D eigenvalue weighted by atomic mass is 16.6. The molecule has 2 aromatic heterocycles. The molecular weight excluding hydrogens is 460 g/mol. The quantitative estimate of drug-likeness (QED) is 0.418. The van der Waals surface area contributed by atoms with Crippen molar-refractivity contribution < 1.29 is 19.1 Å². The van der Waals surface area contributed by atoms with E-state index in [2.05, 4.69) is 44.9 Å². The molecule has 0 saturated carbocycles. The van der Waals surface area contributed by atoms with Gasteiger partial charge in [0.05, 0.1) is 0 Å². The van der Waals surface area contributed by atoms with Crippen LogP contribution in [0.2, 0.25) is 0 Å². The van der Waals surface area contributed by atoms with Gasteiger partial charge in [0.15, 0.2) is 12.2 Å². The number of ether oxygens (including phenoxy) is 2. The molecule has 36 heavy (non-hydrogen) atoms. The van der Waals surface area contributed by atoms with Gasteiger partial charge in [0.25, 0.3) is 0 Å². The number of nitrogens with zero attached hydrogens (tertiary/aromatic N) is 4. The second kappa shape index (κ2) is 11.3. The SMILES string of the molecule is O=C(NCCCc1cccc(CCCNC(=O)O[C@H]2CCn3ccnc32)c1)O[C@H]1CCn2ccnc21. The maximum atomic E-state index is 12.1. The number of aromatic nitrogens is 4. The van der Waals surface area contributed by atoms with Gasteiger partial charge in [-0.05, 0) is 36.8 Å². The van der Waals surface area contributed by atoms with E-state index in [1.807, 2.05) is 21.5 Å². The number of nitrogens with one attached hydrogen (secondary N) is 2. The average molecular weight is 493 g/mol. The zero-order chi connectivity index (χ0) is 24.7. The summed E-state index contributed by atoms with van der Waals surface area (Å²) < 4.78 is 15.0. The van der Waals surface area contributed by atoms with Gasteiger partial charge < -0.3 is 29.2 Å². The van der Waals surface area contributed by atoms with Crippen LogP contribution in [0.5, 0.6) is 0 Å². The number of benzene rings is 1. The standard InChI is InChI=1S/C26H32N6O4/c33-25(35-21-8-14-31-16-12-27-23(21)31)29-10-2-6-19-4-1-5-20(18-19)7-3-11-30-26(34)36-22-9-15-32-17-13-28-24(22)32/h1,4-5,12-13,16-18,21-22H,2-3,6-11,14-15H2,(H,29,33)(H,30,34)/t21-,22-/m0/s1. The van der Waals surface area contributed by atoms with Gasteiger partial charge in [0, 0.05) is 63.8 Å². The second-order valence-corrected chi connectivity index (χ2v) is 9.20. The Morgan fingerprint density at radius 3 is 1.83 bits per heavy atom.